The number of ether oxygens (including phenoxy) is 1. The van der Waals surface area contributed by atoms with E-state index in [1.54, 1.807) is 73.8 Å². The second kappa shape index (κ2) is 9.31. The smallest absolute Gasteiger partial charge is 0.273 e. The molecule has 0 aromatic heterocycles. The predicted octanol–water partition coefficient (Wildman–Crippen LogP) is 5.45. The molecular weight excluding hydrogens is 432 g/mol. The van der Waals surface area contributed by atoms with Gasteiger partial charge in [-0.05, 0) is 46.9 Å². The van der Waals surface area contributed by atoms with Gasteiger partial charge < -0.3 is 4.74 Å². The van der Waals surface area contributed by atoms with Crippen LogP contribution in [0.15, 0.2) is 66.7 Å². The number of carbonyl (C=O) groups excluding carboxylic acids is 2. The molecule has 0 N–H and O–H groups in total. The Kier molecular flexibility index (Phi) is 6.27. The van der Waals surface area contributed by atoms with Crippen LogP contribution in [-0.2, 0) is 11.3 Å². The molecule has 0 saturated carbocycles. The highest BCUT2D eigenvalue weighted by Crippen LogP contribution is 2.33. The summed E-state index contributed by atoms with van der Waals surface area (Å²) in [5, 5.41) is 11.6. The summed E-state index contributed by atoms with van der Waals surface area (Å²) in [5.41, 5.74) is 3.17. The van der Waals surface area contributed by atoms with Gasteiger partial charge in [0.15, 0.2) is 0 Å². The summed E-state index contributed by atoms with van der Waals surface area (Å²) >= 11 is 0. The van der Waals surface area contributed by atoms with Crippen LogP contribution >= 0.6 is 0 Å². The van der Waals surface area contributed by atoms with E-state index in [-0.39, 0.29) is 24.1 Å². The third-order valence-electron chi connectivity index (χ3n) is 5.85. The van der Waals surface area contributed by atoms with Crippen LogP contribution in [0.4, 0.5) is 5.69 Å². The van der Waals surface area contributed by atoms with Gasteiger partial charge in [-0.3, -0.25) is 24.6 Å². The van der Waals surface area contributed by atoms with Gasteiger partial charge in [-0.25, -0.2) is 0 Å². The molecule has 1 heterocycles. The molecule has 0 fully saturated rings. The molecule has 3 aromatic carbocycles. The number of nitrogens with zero attached hydrogens (tertiary/aromatic N) is 2. The van der Waals surface area contributed by atoms with E-state index < -0.39 is 10.8 Å². The maximum absolute atomic E-state index is 13.5. The lowest BCUT2D eigenvalue weighted by Gasteiger charge is -2.29. The monoisotopic (exact) mass is 456 g/mol. The lowest BCUT2D eigenvalue weighted by Crippen LogP contribution is -2.41. The molecule has 4 rings (SSSR count). The Balaban J connectivity index is 1.78. The Bertz CT molecular complexity index is 1310. The zero-order valence-electron chi connectivity index (χ0n) is 19.1. The van der Waals surface area contributed by atoms with Gasteiger partial charge in [-0.1, -0.05) is 56.3 Å². The van der Waals surface area contributed by atoms with E-state index in [0.717, 1.165) is 5.56 Å². The number of fused-ring (bicyclic) bond motifs is 1. The minimum absolute atomic E-state index is 0.00654. The van der Waals surface area contributed by atoms with Crippen LogP contribution in [0.5, 0.6) is 5.75 Å². The van der Waals surface area contributed by atoms with Gasteiger partial charge in [-0.2, -0.15) is 0 Å². The van der Waals surface area contributed by atoms with Crippen molar-refractivity contribution in [3.8, 4) is 5.75 Å². The average molecular weight is 456 g/mol. The first kappa shape index (κ1) is 22.9. The zero-order valence-corrected chi connectivity index (χ0v) is 19.1. The number of nitro groups is 1. The van der Waals surface area contributed by atoms with Crippen LogP contribution in [0.2, 0.25) is 0 Å². The summed E-state index contributed by atoms with van der Waals surface area (Å²) in [6, 6.07) is 19.0. The van der Waals surface area contributed by atoms with Gasteiger partial charge in [0.25, 0.3) is 17.5 Å². The lowest BCUT2D eigenvalue weighted by molar-refractivity contribution is -0.385. The van der Waals surface area contributed by atoms with Crippen molar-refractivity contribution in [3.63, 3.8) is 0 Å². The number of hydrogen-bond donors (Lipinski definition) is 0. The number of benzene rings is 3. The summed E-state index contributed by atoms with van der Waals surface area (Å²) < 4.78 is 5.18. The van der Waals surface area contributed by atoms with E-state index in [1.807, 2.05) is 13.8 Å². The Labute approximate surface area is 197 Å². The average Bonchev–Trinajstić information content (AvgIpc) is 2.84. The second-order valence-electron chi connectivity index (χ2n) is 8.38. The summed E-state index contributed by atoms with van der Waals surface area (Å²) in [7, 11) is 1.57. The summed E-state index contributed by atoms with van der Waals surface area (Å²) in [5.74, 6) is -0.168. The first-order chi connectivity index (χ1) is 16.3. The van der Waals surface area contributed by atoms with Gasteiger partial charge in [0, 0.05) is 22.8 Å². The Morgan fingerprint density at radius 3 is 2.26 bits per heavy atom. The number of amides is 2. The summed E-state index contributed by atoms with van der Waals surface area (Å²) in [6.45, 7) is 3.88. The van der Waals surface area contributed by atoms with E-state index in [4.69, 9.17) is 4.74 Å². The number of nitro benzene ring substituents is 1. The number of methoxy groups -OCH3 is 1. The predicted molar refractivity (Wildman–Crippen MR) is 129 cm³/mol. The fourth-order valence-electron chi connectivity index (χ4n) is 4.06. The molecule has 1 aliphatic heterocycles. The van der Waals surface area contributed by atoms with Gasteiger partial charge in [0.1, 0.15) is 5.75 Å². The third-order valence-corrected chi connectivity index (χ3v) is 5.85. The molecule has 0 atom stereocenters. The molecule has 0 bridgehead atoms. The number of imide groups is 1. The molecule has 172 valence electrons. The van der Waals surface area contributed by atoms with Crippen LogP contribution < -0.4 is 4.74 Å². The largest absolute Gasteiger partial charge is 0.497 e. The molecule has 0 aliphatic carbocycles. The minimum atomic E-state index is -0.449. The van der Waals surface area contributed by atoms with Crippen molar-refractivity contribution in [1.29, 1.82) is 0 Å². The highest BCUT2D eigenvalue weighted by atomic mass is 16.6. The first-order valence-corrected chi connectivity index (χ1v) is 10.9. The molecule has 1 aliphatic rings. The fraction of sp³-hybridized carbons (Fsp3) is 0.185. The van der Waals surface area contributed by atoms with Crippen LogP contribution in [-0.4, -0.2) is 28.7 Å². The van der Waals surface area contributed by atoms with Crippen LogP contribution in [0.25, 0.3) is 11.6 Å². The summed E-state index contributed by atoms with van der Waals surface area (Å²) in [6.07, 6.45) is 1.62. The molecule has 0 radical (unpaired) electrons. The van der Waals surface area contributed by atoms with Crippen LogP contribution in [0.3, 0.4) is 0 Å². The van der Waals surface area contributed by atoms with Gasteiger partial charge in [-0.15, -0.1) is 0 Å². The van der Waals surface area contributed by atoms with Crippen molar-refractivity contribution >= 4 is 29.2 Å². The van der Waals surface area contributed by atoms with Crippen molar-refractivity contribution in [1.82, 2.24) is 4.90 Å². The van der Waals surface area contributed by atoms with Crippen molar-refractivity contribution in [2.24, 2.45) is 0 Å². The summed E-state index contributed by atoms with van der Waals surface area (Å²) in [4.78, 5) is 39.1. The van der Waals surface area contributed by atoms with Crippen LogP contribution in [0, 0.1) is 10.1 Å². The van der Waals surface area contributed by atoms with E-state index in [0.29, 0.717) is 33.6 Å². The quantitative estimate of drug-likeness (QED) is 0.213. The Morgan fingerprint density at radius 2 is 1.65 bits per heavy atom. The highest BCUT2D eigenvalue weighted by Gasteiger charge is 2.34. The maximum atomic E-state index is 13.5. The molecule has 34 heavy (non-hydrogen) atoms. The van der Waals surface area contributed by atoms with Crippen LogP contribution in [0.1, 0.15) is 52.4 Å². The maximum Gasteiger partial charge on any atom is 0.273 e. The standard InChI is InChI=1S/C27H24N2O5/c1-17(2)21-13-10-19(15-25(21)29(32)33)14-24-22-6-4-5-7-23(22)26(30)28(27(24)31)16-18-8-11-20(34-3)12-9-18/h4-15,17H,16H2,1-3H3/b24-14+. The van der Waals surface area contributed by atoms with Crippen molar-refractivity contribution in [2.75, 3.05) is 7.11 Å². The van der Waals surface area contributed by atoms with Crippen molar-refractivity contribution in [2.45, 2.75) is 26.3 Å². The van der Waals surface area contributed by atoms with Crippen molar-refractivity contribution in [3.05, 3.63) is 105 Å². The zero-order chi connectivity index (χ0) is 24.4. The molecule has 3 aromatic rings. The Hall–Kier alpha value is -4.26. The molecule has 2 amide bonds. The van der Waals surface area contributed by atoms with Gasteiger partial charge in [0.05, 0.1) is 18.6 Å². The molecule has 7 nitrogen and oxygen atoms in total. The minimum Gasteiger partial charge on any atom is -0.497 e. The number of rotatable bonds is 6. The molecule has 7 heteroatoms. The van der Waals surface area contributed by atoms with Gasteiger partial charge in [0.2, 0.25) is 0 Å². The highest BCUT2D eigenvalue weighted by molar-refractivity contribution is 6.33. The number of hydrogen-bond acceptors (Lipinski definition) is 5. The number of carbonyl (C=O) groups is 2. The fourth-order valence-corrected chi connectivity index (χ4v) is 4.06. The van der Waals surface area contributed by atoms with E-state index in [9.17, 15) is 19.7 Å². The molecule has 0 unspecified atom stereocenters. The third kappa shape index (κ3) is 4.32. The van der Waals surface area contributed by atoms with E-state index >= 15 is 0 Å². The lowest BCUT2D eigenvalue weighted by atomic mass is 9.91. The molecular formula is C27H24N2O5. The van der Waals surface area contributed by atoms with E-state index in [2.05, 4.69) is 0 Å². The van der Waals surface area contributed by atoms with E-state index in [1.165, 1.54) is 11.0 Å². The normalized spacial score (nSPS) is 14.5. The van der Waals surface area contributed by atoms with Gasteiger partial charge >= 0.3 is 0 Å². The molecule has 0 saturated heterocycles. The topological polar surface area (TPSA) is 89.8 Å². The first-order valence-electron chi connectivity index (χ1n) is 10.9. The SMILES string of the molecule is COc1ccc(CN2C(=O)/C(=C/c3ccc(C(C)C)c([N+](=O)[O-])c3)c3ccccc3C2=O)cc1. The second-order valence-corrected chi connectivity index (χ2v) is 8.38. The van der Waals surface area contributed by atoms with Crippen molar-refractivity contribution < 1.29 is 19.2 Å². The molecule has 0 spiro atoms. The Morgan fingerprint density at radius 1 is 0.971 bits per heavy atom.